The Kier molecular flexibility index (Phi) is 5.64. The fourth-order valence-corrected chi connectivity index (χ4v) is 8.18. The van der Waals surface area contributed by atoms with Crippen molar-refractivity contribution in [1.29, 1.82) is 0 Å². The first-order valence-electron chi connectivity index (χ1n) is 21.6. The molecule has 0 N–H and O–H groups in total. The average Bonchev–Trinajstić information content (AvgIpc) is 3.99. The summed E-state index contributed by atoms with van der Waals surface area (Å²) in [5.41, 5.74) is 7.44. The van der Waals surface area contributed by atoms with Crippen molar-refractivity contribution in [3.05, 3.63) is 188 Å². The molecule has 0 fully saturated rings. The Hall–Kier alpha value is -7.83. The summed E-state index contributed by atoms with van der Waals surface area (Å²) >= 11 is 0. The molecule has 8 aromatic carbocycles. The Morgan fingerprint density at radius 3 is 1.72 bits per heavy atom. The van der Waals surface area contributed by atoms with Crippen LogP contribution in [-0.4, -0.2) is 24.1 Å². The van der Waals surface area contributed by atoms with Gasteiger partial charge in [-0.25, -0.2) is 15.0 Å². The number of fused-ring (bicyclic) bond motifs is 10. The lowest BCUT2D eigenvalue weighted by Crippen LogP contribution is -2.00. The molecule has 0 saturated carbocycles. The highest BCUT2D eigenvalue weighted by Gasteiger charge is 2.22. The zero-order chi connectivity index (χ0) is 42.7. The van der Waals surface area contributed by atoms with E-state index in [2.05, 4.69) is 0 Å². The van der Waals surface area contributed by atoms with Gasteiger partial charge in [0.25, 0.3) is 0 Å². The van der Waals surface area contributed by atoms with Crippen LogP contribution < -0.4 is 0 Å². The SMILES string of the molecule is [2H]c1cc([2H])c2c(c1[2H])c1c(ccc3c4c([2H])c([2H])cc([2H])c4n(-c4ccc5oc6cc(-c7nc(-c8ccccc8)nc(-c8ccccc8)n7)ccc6c5c4)c31)n2-c1ccccc1. The summed E-state index contributed by atoms with van der Waals surface area (Å²) in [6.07, 6.45) is 0. The zero-order valence-electron chi connectivity index (χ0n) is 36.1. The first-order chi connectivity index (χ1) is 30.7. The van der Waals surface area contributed by atoms with Crippen LogP contribution in [0.5, 0.6) is 0 Å². The van der Waals surface area contributed by atoms with E-state index >= 15 is 0 Å². The first-order valence-corrected chi connectivity index (χ1v) is 18.6. The largest absolute Gasteiger partial charge is 0.456 e. The third-order valence-electron chi connectivity index (χ3n) is 10.7. The first kappa shape index (κ1) is 26.1. The van der Waals surface area contributed by atoms with Gasteiger partial charge in [-0.3, -0.25) is 0 Å². The van der Waals surface area contributed by atoms with Crippen LogP contribution in [-0.2, 0) is 0 Å². The second kappa shape index (κ2) is 12.3. The highest BCUT2D eigenvalue weighted by molar-refractivity contribution is 6.26. The minimum absolute atomic E-state index is 0.0177. The monoisotopic (exact) mass is 735 g/mol. The highest BCUT2D eigenvalue weighted by atomic mass is 16.3. The molecule has 0 radical (unpaired) electrons. The van der Waals surface area contributed by atoms with Gasteiger partial charge < -0.3 is 13.6 Å². The molecule has 0 bridgehead atoms. The number of hydrogen-bond donors (Lipinski definition) is 0. The quantitative estimate of drug-likeness (QED) is 0.177. The number of aromatic nitrogens is 5. The lowest BCUT2D eigenvalue weighted by atomic mass is 10.1. The van der Waals surface area contributed by atoms with Gasteiger partial charge in [-0.05, 0) is 60.6 Å². The van der Waals surface area contributed by atoms with Crippen molar-refractivity contribution in [1.82, 2.24) is 24.1 Å². The van der Waals surface area contributed by atoms with E-state index in [1.165, 1.54) is 12.1 Å². The van der Waals surface area contributed by atoms with Gasteiger partial charge in [0.1, 0.15) is 11.2 Å². The van der Waals surface area contributed by atoms with Gasteiger partial charge in [-0.15, -0.1) is 0 Å². The molecule has 0 amide bonds. The summed E-state index contributed by atoms with van der Waals surface area (Å²) in [5.74, 6) is 1.61. The van der Waals surface area contributed by atoms with Crippen molar-refractivity contribution in [3.63, 3.8) is 0 Å². The van der Waals surface area contributed by atoms with E-state index in [1.54, 1.807) is 0 Å². The van der Waals surface area contributed by atoms with Gasteiger partial charge >= 0.3 is 0 Å². The van der Waals surface area contributed by atoms with Crippen LogP contribution in [0, 0.1) is 0 Å². The Labute approximate surface area is 335 Å². The maximum atomic E-state index is 9.29. The fourth-order valence-electron chi connectivity index (χ4n) is 8.18. The molecule has 0 saturated heterocycles. The topological polar surface area (TPSA) is 61.7 Å². The Balaban J connectivity index is 1.12. The van der Waals surface area contributed by atoms with Crippen molar-refractivity contribution in [2.75, 3.05) is 0 Å². The van der Waals surface area contributed by atoms with Crippen LogP contribution >= 0.6 is 0 Å². The Bertz CT molecular complexity index is 3810. The van der Waals surface area contributed by atoms with E-state index in [-0.39, 0.29) is 36.3 Å². The Morgan fingerprint density at radius 2 is 1.02 bits per heavy atom. The number of benzene rings is 8. The van der Waals surface area contributed by atoms with Crippen LogP contribution in [0.1, 0.15) is 8.22 Å². The van der Waals surface area contributed by atoms with Crippen LogP contribution in [0.4, 0.5) is 0 Å². The van der Waals surface area contributed by atoms with E-state index in [0.717, 1.165) is 33.2 Å². The molecular weight excluding hydrogens is 699 g/mol. The van der Waals surface area contributed by atoms with Crippen molar-refractivity contribution in [2.45, 2.75) is 0 Å². The van der Waals surface area contributed by atoms with Crippen molar-refractivity contribution in [2.24, 2.45) is 0 Å². The van der Waals surface area contributed by atoms with Gasteiger partial charge in [0, 0.05) is 60.4 Å². The van der Waals surface area contributed by atoms with Crippen molar-refractivity contribution in [3.8, 4) is 45.5 Å². The number of para-hydroxylation sites is 3. The van der Waals surface area contributed by atoms with Gasteiger partial charge in [0.15, 0.2) is 17.5 Å². The van der Waals surface area contributed by atoms with Gasteiger partial charge in [-0.2, -0.15) is 0 Å². The number of nitrogens with zero attached hydrogens (tertiary/aromatic N) is 5. The van der Waals surface area contributed by atoms with Crippen LogP contribution in [0.2, 0.25) is 0 Å². The zero-order valence-corrected chi connectivity index (χ0v) is 30.1. The molecule has 12 aromatic rings. The summed E-state index contributed by atoms with van der Waals surface area (Å²) in [4.78, 5) is 14.7. The van der Waals surface area contributed by atoms with Crippen LogP contribution in [0.3, 0.4) is 0 Å². The highest BCUT2D eigenvalue weighted by Crippen LogP contribution is 2.43. The average molecular weight is 736 g/mol. The standard InChI is InChI=1S/C51H31N5O/c1-4-14-32(15-5-1)49-52-50(33-16-6-2-7-17-33)54-51(53-49)34-24-26-38-41-31-36(25-29-45(41)57-46(38)30-34)56-42-22-12-10-20-37(42)39-27-28-44-47(48(39)56)40-21-11-13-23-43(40)55(44)35-18-8-3-9-19-35/h1-31H/i10D,11D,20D,21D,22D,23D. The van der Waals surface area contributed by atoms with Crippen LogP contribution in [0.15, 0.2) is 192 Å². The predicted molar refractivity (Wildman–Crippen MR) is 232 cm³/mol. The molecular formula is C51H31N5O. The summed E-state index contributed by atoms with van der Waals surface area (Å²) in [7, 11) is 0. The van der Waals surface area contributed by atoms with Crippen LogP contribution in [0.25, 0.3) is 111 Å². The molecule has 0 atom stereocenters. The molecule has 0 unspecified atom stereocenters. The summed E-state index contributed by atoms with van der Waals surface area (Å²) in [6.45, 7) is 0. The molecule has 6 heteroatoms. The summed E-state index contributed by atoms with van der Waals surface area (Å²) < 4.78 is 64.7. The van der Waals surface area contributed by atoms with Crippen molar-refractivity contribution < 1.29 is 12.6 Å². The maximum absolute atomic E-state index is 9.29. The molecule has 0 aliphatic rings. The van der Waals surface area contributed by atoms with Gasteiger partial charge in [0.2, 0.25) is 0 Å². The number of rotatable bonds is 5. The lowest BCUT2D eigenvalue weighted by molar-refractivity contribution is 0.669. The summed E-state index contributed by atoms with van der Waals surface area (Å²) in [5, 5.41) is 3.76. The molecule has 0 aliphatic carbocycles. The molecule has 0 aliphatic heterocycles. The van der Waals surface area contributed by atoms with E-state index in [1.807, 2.05) is 149 Å². The second-order valence-corrected chi connectivity index (χ2v) is 14.0. The van der Waals surface area contributed by atoms with Crippen molar-refractivity contribution >= 4 is 65.6 Å². The normalized spacial score (nSPS) is 13.3. The van der Waals surface area contributed by atoms with E-state index in [0.29, 0.717) is 77.9 Å². The van der Waals surface area contributed by atoms with E-state index in [9.17, 15) is 4.11 Å². The molecule has 12 rings (SSSR count). The Morgan fingerprint density at radius 1 is 0.404 bits per heavy atom. The minimum atomic E-state index is -0.0783. The fraction of sp³-hybridized carbons (Fsp3) is 0. The summed E-state index contributed by atoms with van der Waals surface area (Å²) in [6, 6.07) is 47.6. The van der Waals surface area contributed by atoms with E-state index < -0.39 is 0 Å². The third-order valence-corrected chi connectivity index (χ3v) is 10.7. The number of hydrogen-bond acceptors (Lipinski definition) is 4. The van der Waals surface area contributed by atoms with Gasteiger partial charge in [-0.1, -0.05) is 127 Å². The molecule has 6 nitrogen and oxygen atoms in total. The molecule has 4 aromatic heterocycles. The third kappa shape index (κ3) is 4.87. The molecule has 266 valence electrons. The van der Waals surface area contributed by atoms with E-state index in [4.69, 9.17) is 23.5 Å². The minimum Gasteiger partial charge on any atom is -0.456 e. The second-order valence-electron chi connectivity index (χ2n) is 14.0. The van der Waals surface area contributed by atoms with Gasteiger partial charge in [0.05, 0.1) is 30.3 Å². The maximum Gasteiger partial charge on any atom is 0.164 e. The molecule has 0 spiro atoms. The number of furan rings is 1. The molecule has 57 heavy (non-hydrogen) atoms. The predicted octanol–water partition coefficient (Wildman–Crippen LogP) is 13.0. The lowest BCUT2D eigenvalue weighted by Gasteiger charge is -2.10. The smallest absolute Gasteiger partial charge is 0.164 e. The molecule has 4 heterocycles.